The first kappa shape index (κ1) is 19.4. The lowest BCUT2D eigenvalue weighted by Gasteiger charge is -2.12. The van der Waals surface area contributed by atoms with Gasteiger partial charge in [-0.15, -0.1) is 10.2 Å². The van der Waals surface area contributed by atoms with Gasteiger partial charge in [0.25, 0.3) is 5.91 Å². The van der Waals surface area contributed by atoms with Gasteiger partial charge in [-0.1, -0.05) is 36.4 Å². The third kappa shape index (κ3) is 4.41. The maximum absolute atomic E-state index is 12.5. The van der Waals surface area contributed by atoms with Crippen LogP contribution in [0.25, 0.3) is 5.65 Å². The number of hydrogen-bond acceptors (Lipinski definition) is 5. The van der Waals surface area contributed by atoms with Crippen LogP contribution in [0.15, 0.2) is 72.9 Å². The Morgan fingerprint density at radius 3 is 2.67 bits per heavy atom. The largest absolute Gasteiger partial charge is 0.493 e. The molecule has 4 rings (SSSR count). The molecule has 0 spiro atoms. The van der Waals surface area contributed by atoms with Crippen LogP contribution < -0.4 is 14.8 Å². The van der Waals surface area contributed by atoms with E-state index >= 15 is 0 Å². The molecule has 2 heterocycles. The number of aromatic nitrogens is 3. The maximum Gasteiger partial charge on any atom is 0.251 e. The molecule has 1 N–H and O–H groups in total. The van der Waals surface area contributed by atoms with E-state index in [9.17, 15) is 4.79 Å². The first-order chi connectivity index (χ1) is 14.7. The topological polar surface area (TPSA) is 77.8 Å². The van der Waals surface area contributed by atoms with Crippen molar-refractivity contribution in [3.8, 4) is 11.5 Å². The van der Waals surface area contributed by atoms with E-state index in [4.69, 9.17) is 9.47 Å². The number of nitrogens with one attached hydrogen (secondary N) is 1. The second-order valence-corrected chi connectivity index (χ2v) is 6.69. The molecular formula is C23H22N4O3. The van der Waals surface area contributed by atoms with Crippen molar-refractivity contribution in [2.24, 2.45) is 0 Å². The van der Waals surface area contributed by atoms with Crippen LogP contribution in [-0.4, -0.2) is 34.2 Å². The normalized spacial score (nSPS) is 10.7. The molecule has 0 unspecified atom stereocenters. The monoisotopic (exact) mass is 402 g/mol. The quantitative estimate of drug-likeness (QED) is 0.489. The summed E-state index contributed by atoms with van der Waals surface area (Å²) in [6.45, 7) is 0.873. The number of nitrogens with zero attached hydrogens (tertiary/aromatic N) is 3. The lowest BCUT2D eigenvalue weighted by molar-refractivity contribution is 0.0953. The average Bonchev–Trinajstić information content (AvgIpc) is 3.21. The fraction of sp³-hybridized carbons (Fsp3) is 0.174. The summed E-state index contributed by atoms with van der Waals surface area (Å²) in [5, 5.41) is 11.2. The van der Waals surface area contributed by atoms with Crippen LogP contribution in [0.2, 0.25) is 0 Å². The number of hydrogen-bond donors (Lipinski definition) is 1. The minimum Gasteiger partial charge on any atom is -0.493 e. The average molecular weight is 402 g/mol. The number of rotatable bonds is 8. The molecule has 0 saturated carbocycles. The highest BCUT2D eigenvalue weighted by Gasteiger charge is 2.12. The summed E-state index contributed by atoms with van der Waals surface area (Å²) in [6.07, 6.45) is 2.48. The van der Waals surface area contributed by atoms with Gasteiger partial charge in [0, 0.05) is 24.7 Å². The minimum atomic E-state index is -0.184. The van der Waals surface area contributed by atoms with E-state index in [1.54, 1.807) is 25.3 Å². The zero-order valence-corrected chi connectivity index (χ0v) is 16.6. The lowest BCUT2D eigenvalue weighted by atomic mass is 10.2. The zero-order valence-electron chi connectivity index (χ0n) is 16.6. The molecule has 4 aromatic rings. The Bertz CT molecular complexity index is 1140. The van der Waals surface area contributed by atoms with Gasteiger partial charge in [-0.3, -0.25) is 9.20 Å². The molecule has 7 nitrogen and oxygen atoms in total. The number of amides is 1. The zero-order chi connectivity index (χ0) is 20.8. The van der Waals surface area contributed by atoms with Gasteiger partial charge in [0.1, 0.15) is 12.4 Å². The van der Waals surface area contributed by atoms with E-state index < -0.39 is 0 Å². The summed E-state index contributed by atoms with van der Waals surface area (Å²) < 4.78 is 13.2. The highest BCUT2D eigenvalue weighted by Crippen LogP contribution is 2.28. The predicted molar refractivity (Wildman–Crippen MR) is 113 cm³/mol. The van der Waals surface area contributed by atoms with Crippen LogP contribution in [0.1, 0.15) is 21.7 Å². The molecule has 30 heavy (non-hydrogen) atoms. The van der Waals surface area contributed by atoms with Crippen LogP contribution in [0.5, 0.6) is 11.5 Å². The van der Waals surface area contributed by atoms with Gasteiger partial charge in [-0.2, -0.15) is 0 Å². The van der Waals surface area contributed by atoms with Crippen LogP contribution >= 0.6 is 0 Å². The smallest absolute Gasteiger partial charge is 0.251 e. The van der Waals surface area contributed by atoms with E-state index in [1.807, 2.05) is 59.1 Å². The van der Waals surface area contributed by atoms with Gasteiger partial charge >= 0.3 is 0 Å². The van der Waals surface area contributed by atoms with Crippen LogP contribution in [0, 0.1) is 0 Å². The number of benzene rings is 2. The maximum atomic E-state index is 12.5. The van der Waals surface area contributed by atoms with Crippen molar-refractivity contribution < 1.29 is 14.3 Å². The third-order valence-electron chi connectivity index (χ3n) is 4.68. The van der Waals surface area contributed by atoms with E-state index in [1.165, 1.54) is 0 Å². The standard InChI is InChI=1S/C23H22N4O3/c1-29-20-15-18(10-11-19(20)30-16-17-7-3-2-4-8-17)23(28)24-13-12-22-26-25-21-9-5-6-14-27(21)22/h2-11,14-15H,12-13,16H2,1H3,(H,24,28). The molecule has 0 radical (unpaired) electrons. The Kier molecular flexibility index (Phi) is 5.89. The van der Waals surface area contributed by atoms with Crippen molar-refractivity contribution in [1.29, 1.82) is 0 Å². The molecule has 0 saturated heterocycles. The predicted octanol–water partition coefficient (Wildman–Crippen LogP) is 3.29. The van der Waals surface area contributed by atoms with Crippen LogP contribution in [-0.2, 0) is 13.0 Å². The molecule has 0 fully saturated rings. The Morgan fingerprint density at radius 2 is 1.83 bits per heavy atom. The van der Waals surface area contributed by atoms with Gasteiger partial charge in [-0.05, 0) is 35.9 Å². The molecular weight excluding hydrogens is 380 g/mol. The van der Waals surface area contributed by atoms with E-state index in [0.29, 0.717) is 36.6 Å². The number of methoxy groups -OCH3 is 1. The van der Waals surface area contributed by atoms with Gasteiger partial charge < -0.3 is 14.8 Å². The summed E-state index contributed by atoms with van der Waals surface area (Å²) in [4.78, 5) is 12.5. The Hall–Kier alpha value is -3.87. The van der Waals surface area contributed by atoms with E-state index in [0.717, 1.165) is 17.0 Å². The van der Waals surface area contributed by atoms with E-state index in [2.05, 4.69) is 15.5 Å². The van der Waals surface area contributed by atoms with Crippen LogP contribution in [0.3, 0.4) is 0 Å². The fourth-order valence-corrected chi connectivity index (χ4v) is 3.11. The summed E-state index contributed by atoms with van der Waals surface area (Å²) >= 11 is 0. The number of carbonyl (C=O) groups is 1. The van der Waals surface area contributed by atoms with Gasteiger partial charge in [0.15, 0.2) is 17.1 Å². The van der Waals surface area contributed by atoms with Gasteiger partial charge in [0.2, 0.25) is 0 Å². The lowest BCUT2D eigenvalue weighted by Crippen LogP contribution is -2.26. The molecule has 0 atom stereocenters. The van der Waals surface area contributed by atoms with Crippen LogP contribution in [0.4, 0.5) is 0 Å². The molecule has 1 amide bonds. The first-order valence-electron chi connectivity index (χ1n) is 9.66. The van der Waals surface area contributed by atoms with Crippen molar-refractivity contribution in [2.75, 3.05) is 13.7 Å². The SMILES string of the molecule is COc1cc(C(=O)NCCc2nnc3ccccn23)ccc1OCc1ccccc1. The Balaban J connectivity index is 1.36. The third-order valence-corrected chi connectivity index (χ3v) is 4.68. The van der Waals surface area contributed by atoms with Crippen molar-refractivity contribution in [1.82, 2.24) is 19.9 Å². The summed E-state index contributed by atoms with van der Waals surface area (Å²) in [5.41, 5.74) is 2.35. The molecule has 152 valence electrons. The molecule has 0 bridgehead atoms. The number of fused-ring (bicyclic) bond motifs is 1. The fourth-order valence-electron chi connectivity index (χ4n) is 3.11. The Labute approximate surface area is 174 Å². The number of carbonyl (C=O) groups excluding carboxylic acids is 1. The molecule has 2 aromatic carbocycles. The first-order valence-corrected chi connectivity index (χ1v) is 9.66. The second-order valence-electron chi connectivity index (χ2n) is 6.69. The molecule has 0 aliphatic carbocycles. The van der Waals surface area contributed by atoms with E-state index in [-0.39, 0.29) is 5.91 Å². The Morgan fingerprint density at radius 1 is 1.00 bits per heavy atom. The second kappa shape index (κ2) is 9.09. The molecule has 7 heteroatoms. The number of pyridine rings is 1. The summed E-state index contributed by atoms with van der Waals surface area (Å²) in [7, 11) is 1.56. The highest BCUT2D eigenvalue weighted by atomic mass is 16.5. The van der Waals surface area contributed by atoms with Gasteiger partial charge in [0.05, 0.1) is 7.11 Å². The van der Waals surface area contributed by atoms with Crippen molar-refractivity contribution in [3.63, 3.8) is 0 Å². The molecule has 2 aromatic heterocycles. The number of ether oxygens (including phenoxy) is 2. The highest BCUT2D eigenvalue weighted by molar-refractivity contribution is 5.94. The minimum absolute atomic E-state index is 0.184. The van der Waals surface area contributed by atoms with Crippen molar-refractivity contribution in [3.05, 3.63) is 89.9 Å². The van der Waals surface area contributed by atoms with Crippen molar-refractivity contribution >= 4 is 11.6 Å². The summed E-state index contributed by atoms with van der Waals surface area (Å²) in [5.74, 6) is 1.72. The van der Waals surface area contributed by atoms with Crippen molar-refractivity contribution in [2.45, 2.75) is 13.0 Å². The molecule has 0 aliphatic heterocycles. The molecule has 0 aliphatic rings. The summed E-state index contributed by atoms with van der Waals surface area (Å²) in [6, 6.07) is 20.8. The van der Waals surface area contributed by atoms with Gasteiger partial charge in [-0.25, -0.2) is 0 Å².